The predicted octanol–water partition coefficient (Wildman–Crippen LogP) is 4.52. The van der Waals surface area contributed by atoms with Crippen molar-refractivity contribution in [2.24, 2.45) is 0 Å². The zero-order valence-corrected chi connectivity index (χ0v) is 12.7. The summed E-state index contributed by atoms with van der Waals surface area (Å²) >= 11 is 1.29. The monoisotopic (exact) mass is 338 g/mol. The number of amides is 1. The Morgan fingerprint density at radius 3 is 2.61 bits per heavy atom. The van der Waals surface area contributed by atoms with Crippen LogP contribution in [0.1, 0.15) is 11.1 Å². The number of hydrogen-bond acceptors (Lipinski definition) is 3. The number of benzene rings is 1. The number of rotatable bonds is 5. The van der Waals surface area contributed by atoms with E-state index in [-0.39, 0.29) is 5.91 Å². The number of hydrogen-bond donors (Lipinski definition) is 1. The van der Waals surface area contributed by atoms with Gasteiger partial charge in [-0.25, -0.2) is 4.98 Å². The number of nitrogens with zero attached hydrogens (tertiary/aromatic N) is 1. The van der Waals surface area contributed by atoms with Crippen LogP contribution in [0, 0.1) is 0 Å². The first-order chi connectivity index (χ1) is 10.9. The highest BCUT2D eigenvalue weighted by Gasteiger charge is 2.30. The molecular formula is C16H13F3N2OS. The van der Waals surface area contributed by atoms with Gasteiger partial charge in [0.2, 0.25) is 5.91 Å². The van der Waals surface area contributed by atoms with Gasteiger partial charge < -0.3 is 5.32 Å². The van der Waals surface area contributed by atoms with Crippen LogP contribution in [0.3, 0.4) is 0 Å². The summed E-state index contributed by atoms with van der Waals surface area (Å²) in [6.45, 7) is 3.39. The highest BCUT2D eigenvalue weighted by atomic mass is 32.2. The number of alkyl halides is 3. The maximum absolute atomic E-state index is 12.5. The van der Waals surface area contributed by atoms with Crippen LogP contribution in [0.4, 0.5) is 18.9 Å². The molecule has 0 spiro atoms. The van der Waals surface area contributed by atoms with Gasteiger partial charge in [-0.2, -0.15) is 13.2 Å². The van der Waals surface area contributed by atoms with E-state index in [1.54, 1.807) is 12.1 Å². The van der Waals surface area contributed by atoms with Crippen LogP contribution in [0.2, 0.25) is 0 Å². The quantitative estimate of drug-likeness (QED) is 0.644. The summed E-state index contributed by atoms with van der Waals surface area (Å²) < 4.78 is 37.4. The first kappa shape index (κ1) is 17.1. The van der Waals surface area contributed by atoms with Gasteiger partial charge >= 0.3 is 6.18 Å². The summed E-state index contributed by atoms with van der Waals surface area (Å²) in [6, 6.07) is 9.51. The van der Waals surface area contributed by atoms with Crippen molar-refractivity contribution >= 4 is 23.4 Å². The van der Waals surface area contributed by atoms with Gasteiger partial charge in [-0.3, -0.25) is 4.79 Å². The van der Waals surface area contributed by atoms with Crippen LogP contribution in [0.15, 0.2) is 60.3 Å². The molecule has 0 aliphatic rings. The predicted molar refractivity (Wildman–Crippen MR) is 84.1 cm³/mol. The van der Waals surface area contributed by atoms with Crippen molar-refractivity contribution < 1.29 is 18.0 Å². The van der Waals surface area contributed by atoms with E-state index in [0.717, 1.165) is 17.8 Å². The first-order valence-electron chi connectivity index (χ1n) is 6.57. The molecule has 2 aromatic rings. The maximum atomic E-state index is 12.5. The van der Waals surface area contributed by atoms with E-state index in [1.807, 2.05) is 12.1 Å². The summed E-state index contributed by atoms with van der Waals surface area (Å²) in [7, 11) is 0. The van der Waals surface area contributed by atoms with Crippen molar-refractivity contribution in [1.29, 1.82) is 0 Å². The summed E-state index contributed by atoms with van der Waals surface area (Å²) in [6.07, 6.45) is -2.41. The second-order valence-corrected chi connectivity index (χ2v) is 5.52. The SMILES string of the molecule is C=CC(=O)Nc1ccccc1CSc1ccc(C(F)(F)F)cn1. The van der Waals surface area contributed by atoms with E-state index in [9.17, 15) is 18.0 Å². The lowest BCUT2D eigenvalue weighted by Crippen LogP contribution is -2.09. The molecule has 120 valence electrons. The van der Waals surface area contributed by atoms with Crippen LogP contribution in [0.5, 0.6) is 0 Å². The third-order valence-electron chi connectivity index (χ3n) is 2.90. The largest absolute Gasteiger partial charge is 0.417 e. The average molecular weight is 338 g/mol. The number of carbonyl (C=O) groups is 1. The molecule has 0 aliphatic heterocycles. The maximum Gasteiger partial charge on any atom is 0.417 e. The van der Waals surface area contributed by atoms with Gasteiger partial charge in [-0.15, -0.1) is 11.8 Å². The third-order valence-corrected chi connectivity index (χ3v) is 3.89. The molecule has 0 saturated heterocycles. The fourth-order valence-corrected chi connectivity index (χ4v) is 2.58. The number of aromatic nitrogens is 1. The highest BCUT2D eigenvalue weighted by Crippen LogP contribution is 2.30. The minimum absolute atomic E-state index is 0.324. The van der Waals surface area contributed by atoms with Gasteiger partial charge in [-0.1, -0.05) is 24.8 Å². The number of thioether (sulfide) groups is 1. The molecule has 0 bridgehead atoms. The molecule has 0 radical (unpaired) electrons. The summed E-state index contributed by atoms with van der Waals surface area (Å²) in [5.74, 6) is 0.140. The van der Waals surface area contributed by atoms with E-state index in [2.05, 4.69) is 16.9 Å². The lowest BCUT2D eigenvalue weighted by molar-refractivity contribution is -0.137. The molecule has 1 N–H and O–H groups in total. The van der Waals surface area contributed by atoms with Crippen molar-refractivity contribution in [3.63, 3.8) is 0 Å². The summed E-state index contributed by atoms with van der Waals surface area (Å²) in [5, 5.41) is 3.16. The van der Waals surface area contributed by atoms with Gasteiger partial charge in [0, 0.05) is 17.6 Å². The molecule has 1 heterocycles. The Morgan fingerprint density at radius 1 is 1.26 bits per heavy atom. The molecule has 1 aromatic heterocycles. The minimum Gasteiger partial charge on any atom is -0.322 e. The second-order valence-electron chi connectivity index (χ2n) is 4.52. The fraction of sp³-hybridized carbons (Fsp3) is 0.125. The molecular weight excluding hydrogens is 325 g/mol. The molecule has 1 aromatic carbocycles. The Labute approximate surface area is 135 Å². The number of halogens is 3. The molecule has 0 aliphatic carbocycles. The van der Waals surface area contributed by atoms with Crippen LogP contribution in [-0.2, 0) is 16.7 Å². The lowest BCUT2D eigenvalue weighted by Gasteiger charge is -2.10. The number of para-hydroxylation sites is 1. The van der Waals surface area contributed by atoms with Crippen LogP contribution < -0.4 is 5.32 Å². The van der Waals surface area contributed by atoms with Gasteiger partial charge in [0.05, 0.1) is 10.6 Å². The summed E-state index contributed by atoms with van der Waals surface area (Å²) in [5.41, 5.74) is 0.701. The minimum atomic E-state index is -4.39. The van der Waals surface area contributed by atoms with Gasteiger partial charge in [0.1, 0.15) is 0 Å². The van der Waals surface area contributed by atoms with Crippen LogP contribution in [-0.4, -0.2) is 10.9 Å². The standard InChI is InChI=1S/C16H13F3N2OS/c1-2-14(22)21-13-6-4-3-5-11(13)10-23-15-8-7-12(9-20-15)16(17,18)19/h2-9H,1,10H2,(H,21,22). The van der Waals surface area contributed by atoms with Gasteiger partial charge in [0.15, 0.2) is 0 Å². The molecule has 0 atom stereocenters. The number of anilines is 1. The zero-order valence-electron chi connectivity index (χ0n) is 11.9. The first-order valence-corrected chi connectivity index (χ1v) is 7.56. The second kappa shape index (κ2) is 7.32. The molecule has 0 saturated carbocycles. The van der Waals surface area contributed by atoms with Crippen molar-refractivity contribution in [1.82, 2.24) is 4.98 Å². The summed E-state index contributed by atoms with van der Waals surface area (Å²) in [4.78, 5) is 15.2. The Balaban J connectivity index is 2.06. The Bertz CT molecular complexity index is 699. The Hall–Kier alpha value is -2.28. The molecule has 23 heavy (non-hydrogen) atoms. The van der Waals surface area contributed by atoms with Crippen LogP contribution in [0.25, 0.3) is 0 Å². The fourth-order valence-electron chi connectivity index (χ4n) is 1.74. The van der Waals surface area contributed by atoms with Crippen LogP contribution >= 0.6 is 11.8 Å². The van der Waals surface area contributed by atoms with E-state index in [1.165, 1.54) is 23.9 Å². The Morgan fingerprint density at radius 2 is 2.00 bits per heavy atom. The number of nitrogens with one attached hydrogen (secondary N) is 1. The highest BCUT2D eigenvalue weighted by molar-refractivity contribution is 7.98. The molecule has 0 unspecified atom stereocenters. The third kappa shape index (κ3) is 4.85. The van der Waals surface area contributed by atoms with E-state index < -0.39 is 11.7 Å². The molecule has 1 amide bonds. The number of pyridine rings is 1. The average Bonchev–Trinajstić information content (AvgIpc) is 2.53. The van der Waals surface area contributed by atoms with E-state index >= 15 is 0 Å². The smallest absolute Gasteiger partial charge is 0.322 e. The molecule has 3 nitrogen and oxygen atoms in total. The van der Waals surface area contributed by atoms with E-state index in [4.69, 9.17) is 0 Å². The van der Waals surface area contributed by atoms with Crippen molar-refractivity contribution in [2.45, 2.75) is 17.0 Å². The lowest BCUT2D eigenvalue weighted by atomic mass is 10.2. The Kier molecular flexibility index (Phi) is 5.44. The molecule has 2 rings (SSSR count). The number of carbonyl (C=O) groups excluding carboxylic acids is 1. The van der Waals surface area contributed by atoms with Crippen molar-refractivity contribution in [3.8, 4) is 0 Å². The van der Waals surface area contributed by atoms with Crippen molar-refractivity contribution in [2.75, 3.05) is 5.32 Å². The van der Waals surface area contributed by atoms with E-state index in [0.29, 0.717) is 16.5 Å². The molecule has 7 heteroatoms. The zero-order chi connectivity index (χ0) is 16.9. The van der Waals surface area contributed by atoms with Gasteiger partial charge in [-0.05, 0) is 29.8 Å². The topological polar surface area (TPSA) is 42.0 Å². The van der Waals surface area contributed by atoms with Crippen molar-refractivity contribution in [3.05, 3.63) is 66.4 Å². The normalized spacial score (nSPS) is 11.1. The molecule has 0 fully saturated rings. The van der Waals surface area contributed by atoms with Gasteiger partial charge in [0.25, 0.3) is 0 Å².